The maximum absolute atomic E-state index is 12.6. The van der Waals surface area contributed by atoms with E-state index < -0.39 is 6.10 Å². The summed E-state index contributed by atoms with van der Waals surface area (Å²) in [4.78, 5) is 18.1. The molecule has 122 valence electrons. The third kappa shape index (κ3) is 3.11. The summed E-state index contributed by atoms with van der Waals surface area (Å²) in [6.45, 7) is 2.05. The summed E-state index contributed by atoms with van der Waals surface area (Å²) in [6, 6.07) is 3.81. The molecule has 1 amide bonds. The van der Waals surface area contributed by atoms with Gasteiger partial charge in [-0.05, 0) is 31.0 Å². The van der Waals surface area contributed by atoms with E-state index in [1.807, 2.05) is 12.1 Å². The molecule has 2 aromatic heterocycles. The Kier molecular flexibility index (Phi) is 4.40. The monoisotopic (exact) mass is 317 g/mol. The lowest BCUT2D eigenvalue weighted by atomic mass is 9.97. The van der Waals surface area contributed by atoms with Crippen LogP contribution in [0.1, 0.15) is 27.4 Å². The van der Waals surface area contributed by atoms with Gasteiger partial charge in [-0.25, -0.2) is 0 Å². The normalized spacial score (nSPS) is 20.9. The van der Waals surface area contributed by atoms with Gasteiger partial charge in [0.25, 0.3) is 5.91 Å². The number of nitrogens with zero attached hydrogens (tertiary/aromatic N) is 3. The highest BCUT2D eigenvalue weighted by molar-refractivity contribution is 5.94. The van der Waals surface area contributed by atoms with Crippen LogP contribution in [0.15, 0.2) is 29.0 Å². The molecule has 1 aliphatic rings. The van der Waals surface area contributed by atoms with Gasteiger partial charge < -0.3 is 19.6 Å². The van der Waals surface area contributed by atoms with Crippen LogP contribution in [0, 0.1) is 12.8 Å². The third-order valence-corrected chi connectivity index (χ3v) is 4.29. The molecule has 7 heteroatoms. The summed E-state index contributed by atoms with van der Waals surface area (Å²) >= 11 is 0. The summed E-state index contributed by atoms with van der Waals surface area (Å²) in [5, 5.41) is 23.3. The number of carbonyl (C=O) groups is 1. The zero-order valence-electron chi connectivity index (χ0n) is 12.8. The first-order chi connectivity index (χ1) is 11.1. The Bertz CT molecular complexity index is 686. The van der Waals surface area contributed by atoms with Crippen molar-refractivity contribution in [3.63, 3.8) is 0 Å². The number of amides is 1. The van der Waals surface area contributed by atoms with Crippen LogP contribution in [0.25, 0.3) is 0 Å². The van der Waals surface area contributed by atoms with Crippen LogP contribution in [-0.4, -0.2) is 50.4 Å². The van der Waals surface area contributed by atoms with Gasteiger partial charge in [-0.3, -0.25) is 9.78 Å². The van der Waals surface area contributed by atoms with Crippen LogP contribution in [0.3, 0.4) is 0 Å². The quantitative estimate of drug-likeness (QED) is 0.854. The van der Waals surface area contributed by atoms with E-state index in [-0.39, 0.29) is 30.7 Å². The molecule has 2 atom stereocenters. The van der Waals surface area contributed by atoms with Gasteiger partial charge in [0.15, 0.2) is 5.69 Å². The second-order valence-corrected chi connectivity index (χ2v) is 5.82. The molecule has 0 bridgehead atoms. The maximum atomic E-state index is 12.6. The number of aliphatic hydroxyl groups is 2. The number of pyridine rings is 1. The molecule has 3 rings (SSSR count). The molecule has 0 unspecified atom stereocenters. The van der Waals surface area contributed by atoms with Crippen molar-refractivity contribution in [2.75, 3.05) is 13.1 Å². The molecule has 0 aromatic carbocycles. The Labute approximate surface area is 133 Å². The number of hydrogen-bond donors (Lipinski definition) is 2. The Hall–Kier alpha value is -2.25. The minimum Gasteiger partial charge on any atom is -0.391 e. The van der Waals surface area contributed by atoms with Crippen molar-refractivity contribution in [3.05, 3.63) is 47.1 Å². The summed E-state index contributed by atoms with van der Waals surface area (Å²) < 4.78 is 4.99. The van der Waals surface area contributed by atoms with Crippen LogP contribution in [0.5, 0.6) is 0 Å². The molecule has 23 heavy (non-hydrogen) atoms. The molecule has 1 aliphatic heterocycles. The van der Waals surface area contributed by atoms with Crippen molar-refractivity contribution in [1.82, 2.24) is 15.0 Å². The minimum atomic E-state index is -0.585. The minimum absolute atomic E-state index is 0.0353. The van der Waals surface area contributed by atoms with E-state index in [1.165, 1.54) is 0 Å². The van der Waals surface area contributed by atoms with Gasteiger partial charge in [0.2, 0.25) is 0 Å². The zero-order valence-corrected chi connectivity index (χ0v) is 12.8. The van der Waals surface area contributed by atoms with Crippen molar-refractivity contribution in [2.45, 2.75) is 26.1 Å². The molecule has 0 aliphatic carbocycles. The Morgan fingerprint density at radius 2 is 2.13 bits per heavy atom. The molecule has 7 nitrogen and oxygen atoms in total. The molecule has 2 aromatic rings. The fourth-order valence-corrected chi connectivity index (χ4v) is 2.94. The highest BCUT2D eigenvalue weighted by atomic mass is 16.5. The molecule has 0 spiro atoms. The van der Waals surface area contributed by atoms with Crippen molar-refractivity contribution in [2.24, 2.45) is 5.92 Å². The first kappa shape index (κ1) is 15.6. The summed E-state index contributed by atoms with van der Waals surface area (Å²) in [5.74, 6) is 0.0815. The first-order valence-electron chi connectivity index (χ1n) is 7.52. The third-order valence-electron chi connectivity index (χ3n) is 4.29. The van der Waals surface area contributed by atoms with Gasteiger partial charge in [0.1, 0.15) is 5.76 Å². The lowest BCUT2D eigenvalue weighted by Gasteiger charge is -2.15. The second-order valence-electron chi connectivity index (χ2n) is 5.82. The average Bonchev–Trinajstić information content (AvgIpc) is 3.11. The number of likely N-dealkylation sites (tertiary alicyclic amines) is 1. The number of β-amino-alcohol motifs (C(OH)–C–C–N with tert-alkyl or cyclic N) is 1. The van der Waals surface area contributed by atoms with E-state index in [1.54, 1.807) is 24.2 Å². The maximum Gasteiger partial charge on any atom is 0.276 e. The lowest BCUT2D eigenvalue weighted by Crippen LogP contribution is -2.30. The first-order valence-corrected chi connectivity index (χ1v) is 7.52. The molecular weight excluding hydrogens is 298 g/mol. The fourth-order valence-electron chi connectivity index (χ4n) is 2.94. The van der Waals surface area contributed by atoms with Crippen molar-refractivity contribution in [3.8, 4) is 0 Å². The van der Waals surface area contributed by atoms with E-state index in [9.17, 15) is 15.0 Å². The van der Waals surface area contributed by atoms with Gasteiger partial charge in [-0.15, -0.1) is 0 Å². The largest absolute Gasteiger partial charge is 0.391 e. The summed E-state index contributed by atoms with van der Waals surface area (Å²) in [7, 11) is 0. The number of aromatic nitrogens is 2. The van der Waals surface area contributed by atoms with E-state index >= 15 is 0 Å². The Morgan fingerprint density at radius 1 is 1.39 bits per heavy atom. The fraction of sp³-hybridized carbons (Fsp3) is 0.438. The van der Waals surface area contributed by atoms with Crippen LogP contribution in [0.4, 0.5) is 0 Å². The van der Waals surface area contributed by atoms with Crippen LogP contribution in [0.2, 0.25) is 0 Å². The van der Waals surface area contributed by atoms with Gasteiger partial charge >= 0.3 is 0 Å². The van der Waals surface area contributed by atoms with Crippen LogP contribution >= 0.6 is 0 Å². The van der Waals surface area contributed by atoms with Crippen LogP contribution < -0.4 is 0 Å². The second kappa shape index (κ2) is 6.47. The molecule has 3 heterocycles. The lowest BCUT2D eigenvalue weighted by molar-refractivity contribution is 0.0751. The van der Waals surface area contributed by atoms with Gasteiger partial charge in [0, 0.05) is 31.4 Å². The van der Waals surface area contributed by atoms with E-state index in [0.717, 1.165) is 5.56 Å². The number of aryl methyl sites for hydroxylation is 1. The molecule has 1 fully saturated rings. The van der Waals surface area contributed by atoms with E-state index in [2.05, 4.69) is 10.1 Å². The zero-order chi connectivity index (χ0) is 16.4. The predicted octanol–water partition coefficient (Wildman–Crippen LogP) is 0.546. The molecule has 0 radical (unpaired) electrons. The smallest absolute Gasteiger partial charge is 0.276 e. The van der Waals surface area contributed by atoms with E-state index in [4.69, 9.17) is 4.52 Å². The molecule has 1 saturated heterocycles. The predicted molar refractivity (Wildman–Crippen MR) is 80.5 cm³/mol. The highest BCUT2D eigenvalue weighted by Crippen LogP contribution is 2.24. The van der Waals surface area contributed by atoms with Crippen LogP contribution in [-0.2, 0) is 13.0 Å². The standard InChI is InChI=1S/C16H19N3O4/c1-10-13(9-20)15(18-23-10)16(22)19-7-12(14(21)8-19)6-11-2-4-17-5-3-11/h2-5,12,14,20-21H,6-9H2,1H3/t12-,14-/m1/s1. The molecular formula is C16H19N3O4. The topological polar surface area (TPSA) is 99.7 Å². The Balaban J connectivity index is 1.71. The Morgan fingerprint density at radius 3 is 2.83 bits per heavy atom. The van der Waals surface area contributed by atoms with Crippen molar-refractivity contribution < 1.29 is 19.5 Å². The number of carbonyl (C=O) groups excluding carboxylic acids is 1. The number of hydrogen-bond acceptors (Lipinski definition) is 6. The highest BCUT2D eigenvalue weighted by Gasteiger charge is 2.36. The van der Waals surface area contributed by atoms with Crippen molar-refractivity contribution in [1.29, 1.82) is 0 Å². The number of aliphatic hydroxyl groups excluding tert-OH is 2. The molecule has 2 N–H and O–H groups in total. The van der Waals surface area contributed by atoms with Gasteiger partial charge in [0.05, 0.1) is 18.3 Å². The SMILES string of the molecule is Cc1onc(C(=O)N2C[C@@H](Cc3ccncc3)[C@H](O)C2)c1CO. The average molecular weight is 317 g/mol. The summed E-state index contributed by atoms with van der Waals surface area (Å²) in [5.41, 5.74) is 1.61. The summed E-state index contributed by atoms with van der Waals surface area (Å²) in [6.07, 6.45) is 3.52. The molecule has 0 saturated carbocycles. The van der Waals surface area contributed by atoms with Gasteiger partial charge in [-0.1, -0.05) is 5.16 Å². The number of rotatable bonds is 4. The van der Waals surface area contributed by atoms with Gasteiger partial charge in [-0.2, -0.15) is 0 Å². The van der Waals surface area contributed by atoms with Crippen molar-refractivity contribution >= 4 is 5.91 Å². The van der Waals surface area contributed by atoms with E-state index in [0.29, 0.717) is 24.3 Å².